The van der Waals surface area contributed by atoms with Gasteiger partial charge >= 0.3 is 39.5 Å². The highest BCUT2D eigenvalue weighted by Gasteiger charge is 2.30. The number of rotatable bonds is 85. The monoisotopic (exact) mass is 1540 g/mol. The molecule has 0 radical (unpaired) electrons. The summed E-state index contributed by atoms with van der Waals surface area (Å²) < 4.78 is 68.9. The van der Waals surface area contributed by atoms with Crippen LogP contribution in [0.1, 0.15) is 459 Å². The summed E-state index contributed by atoms with van der Waals surface area (Å²) in [6, 6.07) is 0. The summed E-state index contributed by atoms with van der Waals surface area (Å²) >= 11 is 0. The average molecular weight is 1540 g/mol. The van der Waals surface area contributed by atoms with Crippen LogP contribution in [0.3, 0.4) is 0 Å². The van der Waals surface area contributed by atoms with Gasteiger partial charge in [-0.05, 0) is 37.5 Å². The van der Waals surface area contributed by atoms with Gasteiger partial charge in [-0.3, -0.25) is 37.3 Å². The third-order valence-electron chi connectivity index (χ3n) is 20.2. The number of ether oxygens (including phenoxy) is 4. The van der Waals surface area contributed by atoms with E-state index in [0.717, 1.165) is 102 Å². The third kappa shape index (κ3) is 79.9. The van der Waals surface area contributed by atoms with Crippen LogP contribution in [0.15, 0.2) is 0 Å². The first-order valence-electron chi connectivity index (χ1n) is 44.5. The first-order valence-corrected chi connectivity index (χ1v) is 47.5. The van der Waals surface area contributed by atoms with Gasteiger partial charge < -0.3 is 33.8 Å². The lowest BCUT2D eigenvalue weighted by molar-refractivity contribution is -0.161. The summed E-state index contributed by atoms with van der Waals surface area (Å²) in [5.74, 6) is -0.506. The van der Waals surface area contributed by atoms with E-state index in [0.29, 0.717) is 25.7 Å². The number of unbranched alkanes of at least 4 members (excludes halogenated alkanes) is 55. The van der Waals surface area contributed by atoms with Crippen molar-refractivity contribution < 1.29 is 80.2 Å². The Hall–Kier alpha value is -1.94. The number of phosphoric acid groups is 2. The highest BCUT2D eigenvalue weighted by atomic mass is 31.2. The van der Waals surface area contributed by atoms with Crippen LogP contribution in [-0.2, 0) is 65.4 Å². The van der Waals surface area contributed by atoms with Gasteiger partial charge in [0.25, 0.3) is 0 Å². The maximum Gasteiger partial charge on any atom is 0.472 e. The van der Waals surface area contributed by atoms with Crippen LogP contribution in [0.5, 0.6) is 0 Å². The number of phosphoric ester groups is 2. The van der Waals surface area contributed by atoms with Crippen molar-refractivity contribution in [3.05, 3.63) is 0 Å². The lowest BCUT2D eigenvalue weighted by Crippen LogP contribution is -2.30. The molecule has 0 rings (SSSR count). The van der Waals surface area contributed by atoms with E-state index in [1.165, 1.54) is 276 Å². The Morgan fingerprint density at radius 3 is 0.648 bits per heavy atom. The van der Waals surface area contributed by atoms with Gasteiger partial charge in [-0.1, -0.05) is 408 Å². The third-order valence-corrected chi connectivity index (χ3v) is 22.1. The van der Waals surface area contributed by atoms with E-state index in [9.17, 15) is 43.2 Å². The lowest BCUT2D eigenvalue weighted by atomic mass is 10.0. The summed E-state index contributed by atoms with van der Waals surface area (Å²) in [5, 5.41) is 10.7. The van der Waals surface area contributed by atoms with Gasteiger partial charge in [-0.2, -0.15) is 0 Å². The SMILES string of the molecule is CCCCCCCCCCCCCCCCCCCCCCC(=O)O[C@H](COC(=O)CCCCCCCCCCCCCCCCC(C)C)COP(=O)(O)OC[C@@H](O)COP(=O)(O)OC[C@@H](COC(=O)CCCCCCCCCCCCC)OC(=O)CCCCCCCCCCCCCCCCC(C)C. The molecule has 0 aromatic carbocycles. The van der Waals surface area contributed by atoms with Crippen LogP contribution in [0, 0.1) is 11.8 Å². The molecule has 2 unspecified atom stereocenters. The molecule has 0 saturated carbocycles. The predicted molar refractivity (Wildman–Crippen MR) is 432 cm³/mol. The second-order valence-corrected chi connectivity index (χ2v) is 34.8. The van der Waals surface area contributed by atoms with Crippen LogP contribution in [0.4, 0.5) is 0 Å². The van der Waals surface area contributed by atoms with Gasteiger partial charge in [0, 0.05) is 25.7 Å². The Morgan fingerprint density at radius 2 is 0.438 bits per heavy atom. The number of carbonyl (C=O) groups is 4. The zero-order valence-corrected chi connectivity index (χ0v) is 70.8. The molecule has 19 heteroatoms. The second-order valence-electron chi connectivity index (χ2n) is 31.9. The maximum absolute atomic E-state index is 13.1. The number of aliphatic hydroxyl groups excluding tert-OH is 1. The number of carbonyl (C=O) groups excluding carboxylic acids is 4. The molecular weight excluding hydrogens is 1370 g/mol. The fourth-order valence-corrected chi connectivity index (χ4v) is 15.0. The van der Waals surface area contributed by atoms with E-state index in [2.05, 4.69) is 41.5 Å². The van der Waals surface area contributed by atoms with Gasteiger partial charge in [0.1, 0.15) is 19.3 Å². The molecule has 105 heavy (non-hydrogen) atoms. The average Bonchev–Trinajstić information content (AvgIpc) is 1.03. The smallest absolute Gasteiger partial charge is 0.462 e. The molecule has 0 spiro atoms. The molecule has 0 aromatic rings. The van der Waals surface area contributed by atoms with Gasteiger partial charge in [-0.15, -0.1) is 0 Å². The van der Waals surface area contributed by atoms with Crippen LogP contribution in [-0.4, -0.2) is 96.7 Å². The molecule has 0 aliphatic carbocycles. The fraction of sp³-hybridized carbons (Fsp3) is 0.953. The van der Waals surface area contributed by atoms with Gasteiger partial charge in [-0.25, -0.2) is 9.13 Å². The molecule has 624 valence electrons. The van der Waals surface area contributed by atoms with Crippen molar-refractivity contribution in [1.82, 2.24) is 0 Å². The minimum absolute atomic E-state index is 0.108. The quantitative estimate of drug-likeness (QED) is 0.0222. The minimum atomic E-state index is -4.97. The Labute approximate surface area is 645 Å². The summed E-state index contributed by atoms with van der Waals surface area (Å²) in [7, 11) is -9.93. The van der Waals surface area contributed by atoms with Crippen molar-refractivity contribution in [2.75, 3.05) is 39.6 Å². The van der Waals surface area contributed by atoms with E-state index in [1.54, 1.807) is 0 Å². The molecule has 0 heterocycles. The van der Waals surface area contributed by atoms with Crippen LogP contribution in [0.25, 0.3) is 0 Å². The number of hydrogen-bond acceptors (Lipinski definition) is 15. The highest BCUT2D eigenvalue weighted by Crippen LogP contribution is 2.45. The molecule has 5 atom stereocenters. The molecule has 0 bridgehead atoms. The zero-order chi connectivity index (χ0) is 77.1. The maximum atomic E-state index is 13.1. The van der Waals surface area contributed by atoms with Gasteiger partial charge in [0.05, 0.1) is 26.4 Å². The molecule has 0 aliphatic rings. The Bertz CT molecular complexity index is 2010. The fourth-order valence-electron chi connectivity index (χ4n) is 13.4. The lowest BCUT2D eigenvalue weighted by Gasteiger charge is -2.21. The molecule has 0 saturated heterocycles. The van der Waals surface area contributed by atoms with E-state index < -0.39 is 97.5 Å². The van der Waals surface area contributed by atoms with Crippen molar-refractivity contribution in [2.45, 2.75) is 477 Å². The Balaban J connectivity index is 5.24. The number of esters is 4. The van der Waals surface area contributed by atoms with Crippen molar-refractivity contribution >= 4 is 39.5 Å². The molecule has 0 amide bonds. The first kappa shape index (κ1) is 103. The van der Waals surface area contributed by atoms with E-state index in [4.69, 9.17) is 37.0 Å². The molecule has 3 N–H and O–H groups in total. The van der Waals surface area contributed by atoms with Crippen molar-refractivity contribution in [2.24, 2.45) is 11.8 Å². The van der Waals surface area contributed by atoms with Crippen molar-refractivity contribution in [1.29, 1.82) is 0 Å². The van der Waals surface area contributed by atoms with E-state index in [-0.39, 0.29) is 25.7 Å². The summed E-state index contributed by atoms with van der Waals surface area (Å²) in [6.45, 7) is 9.72. The van der Waals surface area contributed by atoms with Crippen molar-refractivity contribution in [3.8, 4) is 0 Å². The minimum Gasteiger partial charge on any atom is -0.462 e. The van der Waals surface area contributed by atoms with E-state index >= 15 is 0 Å². The van der Waals surface area contributed by atoms with Crippen LogP contribution in [0.2, 0.25) is 0 Å². The largest absolute Gasteiger partial charge is 0.472 e. The first-order chi connectivity index (χ1) is 50.9. The molecule has 0 aliphatic heterocycles. The Kier molecular flexibility index (Phi) is 76.0. The van der Waals surface area contributed by atoms with Crippen molar-refractivity contribution in [3.63, 3.8) is 0 Å². The van der Waals surface area contributed by atoms with Crippen LogP contribution < -0.4 is 0 Å². The van der Waals surface area contributed by atoms with Gasteiger partial charge in [0.15, 0.2) is 12.2 Å². The molecule has 17 nitrogen and oxygen atoms in total. The highest BCUT2D eigenvalue weighted by molar-refractivity contribution is 7.47. The molecule has 0 aromatic heterocycles. The Morgan fingerprint density at radius 1 is 0.257 bits per heavy atom. The number of aliphatic hydroxyl groups is 1. The molecule has 0 fully saturated rings. The number of hydrogen-bond donors (Lipinski definition) is 3. The topological polar surface area (TPSA) is 237 Å². The van der Waals surface area contributed by atoms with Gasteiger partial charge in [0.2, 0.25) is 0 Å². The summed E-state index contributed by atoms with van der Waals surface area (Å²) in [4.78, 5) is 73.2. The molecular formula is C86H168O17P2. The summed E-state index contributed by atoms with van der Waals surface area (Å²) in [6.07, 6.45) is 69.3. The zero-order valence-electron chi connectivity index (χ0n) is 69.0. The second kappa shape index (κ2) is 77.4. The van der Waals surface area contributed by atoms with Crippen LogP contribution >= 0.6 is 15.6 Å². The summed E-state index contributed by atoms with van der Waals surface area (Å²) in [5.41, 5.74) is 0. The van der Waals surface area contributed by atoms with E-state index in [1.807, 2.05) is 0 Å². The standard InChI is InChI=1S/C86H168O17P2/c1-7-9-11-13-15-17-19-20-21-22-23-24-25-26-34-40-46-52-58-64-70-85(90)103-82(75-97-84(89)69-63-57-51-45-39-33-29-27-31-37-42-48-54-60-66-78(3)4)77-101-105(94,95)99-73-80(87)72-98-104(92,93)100-76-81(74-96-83(88)68-62-56-50-44-36-18-16-14-12-10-8-2)102-86(91)71-65-59-53-47-41-35-30-28-32-38-43-49-55-61-67-79(5)6/h78-82,87H,7-77H2,1-6H3,(H,92,93)(H,94,95)/t80-,81+,82+/m0/s1. The predicted octanol–water partition coefficient (Wildman–Crippen LogP) is 26.2. The normalized spacial score (nSPS) is 13.8.